The van der Waals surface area contributed by atoms with Crippen molar-refractivity contribution in [3.63, 3.8) is 0 Å². The number of esters is 2. The Bertz CT molecular complexity index is 1080. The molecule has 0 bridgehead atoms. The number of carboxylic acid groups (broad SMARTS) is 1. The van der Waals surface area contributed by atoms with Gasteiger partial charge in [-0.1, -0.05) is 30.3 Å². The number of hydrogen-bond acceptors (Lipinski definition) is 10. The first-order valence-electron chi connectivity index (χ1n) is 15.0. The van der Waals surface area contributed by atoms with E-state index in [1.165, 1.54) is 5.01 Å². The second-order valence-electron chi connectivity index (χ2n) is 11.1. The van der Waals surface area contributed by atoms with E-state index >= 15 is 0 Å². The minimum absolute atomic E-state index is 0.0217. The van der Waals surface area contributed by atoms with Gasteiger partial charge in [0.2, 0.25) is 0 Å². The SMILES string of the molecule is CCOC(=O)[C@H](CCc1ccccc1)N[C@H]1CCCN2CCC[C@@](C(=O)O)(C(C)OC(=O)CN3CCOCC3)N2C1=O. The van der Waals surface area contributed by atoms with Gasteiger partial charge < -0.3 is 19.3 Å². The second kappa shape index (κ2) is 14.9. The van der Waals surface area contributed by atoms with Crippen LogP contribution in [0.5, 0.6) is 0 Å². The first-order valence-corrected chi connectivity index (χ1v) is 15.0. The van der Waals surface area contributed by atoms with Crippen LogP contribution in [0.1, 0.15) is 51.5 Å². The monoisotopic (exact) mass is 588 g/mol. The zero-order valence-corrected chi connectivity index (χ0v) is 24.7. The molecule has 232 valence electrons. The maximum Gasteiger partial charge on any atom is 0.335 e. The number of ether oxygens (including phenoxy) is 3. The Kier molecular flexibility index (Phi) is 11.3. The highest BCUT2D eigenvalue weighted by Gasteiger charge is 2.58. The van der Waals surface area contributed by atoms with Gasteiger partial charge in [-0.25, -0.2) is 9.80 Å². The Hall–Kier alpha value is -3.06. The summed E-state index contributed by atoms with van der Waals surface area (Å²) in [6.45, 7) is 6.71. The van der Waals surface area contributed by atoms with Gasteiger partial charge in [0, 0.05) is 26.2 Å². The van der Waals surface area contributed by atoms with E-state index < -0.39 is 47.5 Å². The van der Waals surface area contributed by atoms with E-state index in [4.69, 9.17) is 14.2 Å². The zero-order chi connectivity index (χ0) is 30.1. The Morgan fingerprint density at radius 2 is 1.83 bits per heavy atom. The minimum atomic E-state index is -1.77. The van der Waals surface area contributed by atoms with E-state index in [2.05, 4.69) is 5.32 Å². The van der Waals surface area contributed by atoms with Crippen LogP contribution in [0.3, 0.4) is 0 Å². The molecule has 2 N–H and O–H groups in total. The number of morpholine rings is 1. The minimum Gasteiger partial charge on any atom is -0.479 e. The lowest BCUT2D eigenvalue weighted by Gasteiger charge is -2.51. The van der Waals surface area contributed by atoms with Crippen molar-refractivity contribution in [2.24, 2.45) is 0 Å². The van der Waals surface area contributed by atoms with Gasteiger partial charge in [-0.2, -0.15) is 0 Å². The molecule has 4 atom stereocenters. The van der Waals surface area contributed by atoms with Crippen molar-refractivity contribution in [3.05, 3.63) is 35.9 Å². The molecule has 0 radical (unpaired) electrons. The van der Waals surface area contributed by atoms with E-state index in [-0.39, 0.29) is 19.6 Å². The van der Waals surface area contributed by atoms with Crippen LogP contribution in [0.2, 0.25) is 0 Å². The number of carbonyl (C=O) groups is 4. The van der Waals surface area contributed by atoms with Crippen LogP contribution in [0.4, 0.5) is 0 Å². The number of nitrogens with zero attached hydrogens (tertiary/aromatic N) is 3. The van der Waals surface area contributed by atoms with E-state index in [1.807, 2.05) is 35.2 Å². The number of hydrogen-bond donors (Lipinski definition) is 2. The number of rotatable bonds is 12. The summed E-state index contributed by atoms with van der Waals surface area (Å²) in [5.41, 5.74) is -0.718. The lowest BCUT2D eigenvalue weighted by Crippen LogP contribution is -2.72. The van der Waals surface area contributed by atoms with E-state index in [0.717, 1.165) is 5.56 Å². The van der Waals surface area contributed by atoms with Crippen molar-refractivity contribution < 1.29 is 38.5 Å². The third-order valence-corrected chi connectivity index (χ3v) is 8.40. The molecule has 3 fully saturated rings. The smallest absolute Gasteiger partial charge is 0.335 e. The molecule has 1 amide bonds. The Morgan fingerprint density at radius 3 is 2.52 bits per heavy atom. The van der Waals surface area contributed by atoms with Crippen LogP contribution in [-0.2, 0) is 39.8 Å². The average molecular weight is 589 g/mol. The van der Waals surface area contributed by atoms with Gasteiger partial charge in [0.1, 0.15) is 12.1 Å². The maximum atomic E-state index is 14.2. The van der Waals surface area contributed by atoms with Gasteiger partial charge in [-0.15, -0.1) is 0 Å². The molecule has 0 aliphatic carbocycles. The first kappa shape index (κ1) is 31.9. The fraction of sp³-hybridized carbons (Fsp3) is 0.667. The molecule has 12 heteroatoms. The Labute approximate surface area is 247 Å². The molecule has 0 saturated carbocycles. The van der Waals surface area contributed by atoms with Crippen LogP contribution in [0, 0.1) is 0 Å². The molecule has 4 rings (SSSR count). The van der Waals surface area contributed by atoms with Crippen LogP contribution >= 0.6 is 0 Å². The molecule has 1 aromatic rings. The number of benzene rings is 1. The molecule has 0 spiro atoms. The van der Waals surface area contributed by atoms with Gasteiger partial charge in [0.15, 0.2) is 5.54 Å². The zero-order valence-electron chi connectivity index (χ0n) is 24.7. The van der Waals surface area contributed by atoms with Crippen LogP contribution in [-0.4, -0.2) is 120 Å². The average Bonchev–Trinajstić information content (AvgIpc) is 3.14. The Balaban J connectivity index is 1.54. The lowest BCUT2D eigenvalue weighted by molar-refractivity contribution is -0.212. The molecule has 3 aliphatic rings. The predicted octanol–water partition coefficient (Wildman–Crippen LogP) is 1.23. The number of carboxylic acids is 1. The highest BCUT2D eigenvalue weighted by molar-refractivity contribution is 5.91. The quantitative estimate of drug-likeness (QED) is 0.341. The van der Waals surface area contributed by atoms with E-state index in [9.17, 15) is 24.3 Å². The number of amides is 1. The molecule has 42 heavy (non-hydrogen) atoms. The molecule has 3 saturated heterocycles. The molecule has 1 unspecified atom stereocenters. The van der Waals surface area contributed by atoms with Gasteiger partial charge in [-0.3, -0.25) is 29.6 Å². The number of fused-ring (bicyclic) bond motifs is 1. The van der Waals surface area contributed by atoms with E-state index in [1.54, 1.807) is 18.9 Å². The summed E-state index contributed by atoms with van der Waals surface area (Å²) in [6.07, 6.45) is 1.62. The molecule has 3 heterocycles. The summed E-state index contributed by atoms with van der Waals surface area (Å²) >= 11 is 0. The third kappa shape index (κ3) is 7.47. The van der Waals surface area contributed by atoms with Crippen molar-refractivity contribution in [1.82, 2.24) is 20.2 Å². The van der Waals surface area contributed by atoms with Crippen molar-refractivity contribution in [2.45, 2.75) is 76.1 Å². The summed E-state index contributed by atoms with van der Waals surface area (Å²) in [5.74, 6) is -2.66. The fourth-order valence-corrected chi connectivity index (χ4v) is 6.17. The summed E-state index contributed by atoms with van der Waals surface area (Å²) < 4.78 is 16.4. The van der Waals surface area contributed by atoms with Crippen molar-refractivity contribution >= 4 is 23.8 Å². The number of carbonyl (C=O) groups excluding carboxylic acids is 3. The lowest BCUT2D eigenvalue weighted by atomic mass is 9.84. The van der Waals surface area contributed by atoms with Crippen molar-refractivity contribution in [3.8, 4) is 0 Å². The molecule has 12 nitrogen and oxygen atoms in total. The summed E-state index contributed by atoms with van der Waals surface area (Å²) in [4.78, 5) is 55.0. The van der Waals surface area contributed by atoms with Crippen LogP contribution < -0.4 is 5.32 Å². The molecular weight excluding hydrogens is 544 g/mol. The van der Waals surface area contributed by atoms with Gasteiger partial charge >= 0.3 is 17.9 Å². The van der Waals surface area contributed by atoms with Gasteiger partial charge in [-0.05, 0) is 57.9 Å². The van der Waals surface area contributed by atoms with Crippen molar-refractivity contribution in [1.29, 1.82) is 0 Å². The van der Waals surface area contributed by atoms with Crippen molar-refractivity contribution in [2.75, 3.05) is 52.5 Å². The molecule has 0 aromatic heterocycles. The molecule has 3 aliphatic heterocycles. The number of aliphatic carboxylic acids is 1. The van der Waals surface area contributed by atoms with Gasteiger partial charge in [0.25, 0.3) is 5.91 Å². The highest BCUT2D eigenvalue weighted by Crippen LogP contribution is 2.37. The standard InChI is InChI=1S/C30H44N4O8/c1-3-41-28(37)25(13-12-23-9-5-4-6-10-23)31-24-11-7-15-33-16-8-14-30(29(38)39,34(33)27(24)36)22(2)42-26(35)21-32-17-19-40-20-18-32/h4-6,9-10,22,24-25,31H,3,7-8,11-21H2,1-2H3,(H,38,39)/t22?,24-,25-,30-/m0/s1. The highest BCUT2D eigenvalue weighted by atomic mass is 16.6. The van der Waals surface area contributed by atoms with E-state index in [0.29, 0.717) is 71.5 Å². The maximum absolute atomic E-state index is 14.2. The second-order valence-corrected chi connectivity index (χ2v) is 11.1. The number of nitrogens with one attached hydrogen (secondary N) is 1. The first-order chi connectivity index (χ1) is 20.3. The van der Waals surface area contributed by atoms with Crippen LogP contribution in [0.25, 0.3) is 0 Å². The fourth-order valence-electron chi connectivity index (χ4n) is 6.17. The summed E-state index contributed by atoms with van der Waals surface area (Å²) in [6, 6.07) is 8.19. The van der Waals surface area contributed by atoms with Crippen LogP contribution in [0.15, 0.2) is 30.3 Å². The molecular formula is C30H44N4O8. The predicted molar refractivity (Wildman–Crippen MR) is 152 cm³/mol. The summed E-state index contributed by atoms with van der Waals surface area (Å²) in [7, 11) is 0. The Morgan fingerprint density at radius 1 is 1.12 bits per heavy atom. The topological polar surface area (TPSA) is 138 Å². The number of aryl methyl sites for hydroxylation is 1. The third-order valence-electron chi connectivity index (χ3n) is 8.40. The van der Waals surface area contributed by atoms with Gasteiger partial charge in [0.05, 0.1) is 32.4 Å². The largest absolute Gasteiger partial charge is 0.479 e. The number of hydrazine groups is 1. The molecule has 1 aromatic carbocycles. The summed E-state index contributed by atoms with van der Waals surface area (Å²) in [5, 5.41) is 17.0. The normalized spacial score (nSPS) is 25.1.